The number of thioether (sulfide) groups is 1. The Morgan fingerprint density at radius 3 is 2.40 bits per heavy atom. The van der Waals surface area contributed by atoms with Crippen molar-refractivity contribution in [2.24, 2.45) is 0 Å². The number of rotatable bonds is 12. The predicted octanol–water partition coefficient (Wildman–Crippen LogP) is 6.14. The highest BCUT2D eigenvalue weighted by atomic mass is 32.2. The lowest BCUT2D eigenvalue weighted by Gasteiger charge is -2.21. The van der Waals surface area contributed by atoms with Crippen molar-refractivity contribution in [3.63, 3.8) is 0 Å². The molecule has 0 radical (unpaired) electrons. The largest absolute Gasteiger partial charge is 0.489 e. The first kappa shape index (κ1) is 30.5. The second-order valence-corrected chi connectivity index (χ2v) is 11.8. The van der Waals surface area contributed by atoms with E-state index in [0.717, 1.165) is 33.3 Å². The molecule has 3 aromatic carbocycles. The molecule has 0 saturated heterocycles. The molecule has 4 rings (SSSR count). The number of benzene rings is 3. The fraction of sp³-hybridized carbons (Fsp3) is 0.281. The first-order chi connectivity index (χ1) is 20.1. The van der Waals surface area contributed by atoms with Gasteiger partial charge in [-0.3, -0.25) is 4.79 Å². The van der Waals surface area contributed by atoms with Gasteiger partial charge in [-0.05, 0) is 67.8 Å². The van der Waals surface area contributed by atoms with E-state index in [2.05, 4.69) is 15.6 Å². The lowest BCUT2D eigenvalue weighted by Crippen LogP contribution is -2.44. The van der Waals surface area contributed by atoms with Crippen LogP contribution in [0.1, 0.15) is 37.5 Å². The van der Waals surface area contributed by atoms with E-state index in [0.29, 0.717) is 18.0 Å². The molecule has 9 nitrogen and oxygen atoms in total. The van der Waals surface area contributed by atoms with Gasteiger partial charge in [0, 0.05) is 34.3 Å². The van der Waals surface area contributed by atoms with E-state index < -0.39 is 23.7 Å². The topological polar surface area (TPSA) is 130 Å². The van der Waals surface area contributed by atoms with E-state index in [4.69, 9.17) is 9.47 Å². The second kappa shape index (κ2) is 14.0. The Hall–Kier alpha value is -4.44. The maximum atomic E-state index is 12.8. The molecule has 0 aliphatic carbocycles. The van der Waals surface area contributed by atoms with Crippen molar-refractivity contribution in [3.05, 3.63) is 95.7 Å². The fourth-order valence-corrected chi connectivity index (χ4v) is 5.12. The number of hydrogen-bond acceptors (Lipinski definition) is 6. The summed E-state index contributed by atoms with van der Waals surface area (Å²) < 4.78 is 11.1. The van der Waals surface area contributed by atoms with Crippen molar-refractivity contribution >= 4 is 46.3 Å². The normalized spacial score (nSPS) is 12.0. The van der Waals surface area contributed by atoms with Crippen LogP contribution in [0.2, 0.25) is 0 Å². The number of H-pyrrole nitrogens is 1. The molecule has 42 heavy (non-hydrogen) atoms. The van der Waals surface area contributed by atoms with Crippen LogP contribution in [0.5, 0.6) is 5.75 Å². The number of aromatic amines is 1. The lowest BCUT2D eigenvalue weighted by atomic mass is 10.1. The third kappa shape index (κ3) is 9.31. The van der Waals surface area contributed by atoms with Crippen molar-refractivity contribution < 1.29 is 29.0 Å². The van der Waals surface area contributed by atoms with Crippen molar-refractivity contribution in [2.75, 3.05) is 11.1 Å². The van der Waals surface area contributed by atoms with Gasteiger partial charge in [0.15, 0.2) is 0 Å². The number of carbonyl (C=O) groups is 3. The van der Waals surface area contributed by atoms with E-state index in [-0.39, 0.29) is 18.1 Å². The summed E-state index contributed by atoms with van der Waals surface area (Å²) in [4.78, 5) is 39.5. The third-order valence-electron chi connectivity index (χ3n) is 6.12. The molecule has 2 amide bonds. The third-order valence-corrected chi connectivity index (χ3v) is 7.22. The van der Waals surface area contributed by atoms with Gasteiger partial charge in [-0.2, -0.15) is 11.8 Å². The molecule has 1 unspecified atom stereocenters. The number of carboxylic acids is 1. The summed E-state index contributed by atoms with van der Waals surface area (Å²) in [7, 11) is 0. The van der Waals surface area contributed by atoms with Gasteiger partial charge in [-0.15, -0.1) is 0 Å². The van der Waals surface area contributed by atoms with Gasteiger partial charge in [-0.1, -0.05) is 42.5 Å². The van der Waals surface area contributed by atoms with Gasteiger partial charge >= 0.3 is 12.1 Å². The predicted molar refractivity (Wildman–Crippen MR) is 165 cm³/mol. The number of amides is 2. The van der Waals surface area contributed by atoms with Gasteiger partial charge in [0.1, 0.15) is 24.0 Å². The summed E-state index contributed by atoms with van der Waals surface area (Å²) in [5, 5.41) is 15.7. The number of aromatic nitrogens is 1. The summed E-state index contributed by atoms with van der Waals surface area (Å²) in [6.45, 7) is 5.60. The molecule has 0 saturated carbocycles. The number of carboxylic acid groups (broad SMARTS) is 1. The van der Waals surface area contributed by atoms with Crippen molar-refractivity contribution in [1.29, 1.82) is 0 Å². The van der Waals surface area contributed by atoms with Crippen LogP contribution in [-0.4, -0.2) is 45.5 Å². The summed E-state index contributed by atoms with van der Waals surface area (Å²) in [5.74, 6) is 0.175. The SMILES string of the molecule is CC(C)(C)OC(=O)NC(CSCc1ccc(NC(=O)Cc2c[nH]c3ccc(OCc4ccccc4)cc23)cc1)C(=O)O. The average Bonchev–Trinajstić information content (AvgIpc) is 3.33. The molecule has 1 aromatic heterocycles. The van der Waals surface area contributed by atoms with Crippen LogP contribution in [0, 0.1) is 0 Å². The minimum atomic E-state index is -1.13. The Bertz CT molecular complexity index is 1510. The van der Waals surface area contributed by atoms with E-state index >= 15 is 0 Å². The molecule has 4 aromatic rings. The van der Waals surface area contributed by atoms with E-state index in [1.807, 2.05) is 79.0 Å². The monoisotopic (exact) mass is 589 g/mol. The minimum Gasteiger partial charge on any atom is -0.489 e. The second-order valence-electron chi connectivity index (χ2n) is 10.8. The Morgan fingerprint density at radius 2 is 1.71 bits per heavy atom. The molecular weight excluding hydrogens is 554 g/mol. The summed E-state index contributed by atoms with van der Waals surface area (Å²) in [6.07, 6.45) is 1.27. The molecule has 4 N–H and O–H groups in total. The quantitative estimate of drug-likeness (QED) is 0.156. The van der Waals surface area contributed by atoms with Crippen molar-refractivity contribution in [2.45, 2.75) is 51.2 Å². The number of anilines is 1. The zero-order valence-corrected chi connectivity index (χ0v) is 24.6. The number of aliphatic carboxylic acids is 1. The summed E-state index contributed by atoms with van der Waals surface area (Å²) in [6, 6.07) is 22.0. The standard InChI is InChI=1S/C32H35N3O6S/c1-32(2,3)41-31(39)35-28(30(37)38)20-42-19-22-9-11-24(12-10-22)34-29(36)15-23-17-33-27-14-13-25(16-26(23)27)40-18-21-7-5-4-6-8-21/h4-14,16-17,28,33H,15,18-20H2,1-3H3,(H,34,36)(H,35,39)(H,37,38). The van der Waals surface area contributed by atoms with Crippen LogP contribution < -0.4 is 15.4 Å². The molecule has 0 aliphatic rings. The number of fused-ring (bicyclic) bond motifs is 1. The molecule has 0 fully saturated rings. The maximum Gasteiger partial charge on any atom is 0.408 e. The molecule has 220 valence electrons. The van der Waals surface area contributed by atoms with Gasteiger partial charge in [0.2, 0.25) is 5.91 Å². The highest BCUT2D eigenvalue weighted by molar-refractivity contribution is 7.98. The van der Waals surface area contributed by atoms with Gasteiger partial charge in [0.05, 0.1) is 6.42 Å². The Labute approximate surface area is 249 Å². The number of carbonyl (C=O) groups excluding carboxylic acids is 2. The van der Waals surface area contributed by atoms with Crippen LogP contribution in [0.3, 0.4) is 0 Å². The van der Waals surface area contributed by atoms with Crippen molar-refractivity contribution in [3.8, 4) is 5.75 Å². The number of nitrogens with one attached hydrogen (secondary N) is 3. The average molecular weight is 590 g/mol. The summed E-state index contributed by atoms with van der Waals surface area (Å²) in [5.41, 5.74) is 3.78. The van der Waals surface area contributed by atoms with E-state index in [1.165, 1.54) is 11.8 Å². The highest BCUT2D eigenvalue weighted by Gasteiger charge is 2.24. The molecule has 1 atom stereocenters. The van der Waals surface area contributed by atoms with Gasteiger partial charge in [0.25, 0.3) is 0 Å². The number of ether oxygens (including phenoxy) is 2. The fourth-order valence-electron chi connectivity index (χ4n) is 4.12. The van der Waals surface area contributed by atoms with E-state index in [9.17, 15) is 19.5 Å². The van der Waals surface area contributed by atoms with Crippen LogP contribution in [-0.2, 0) is 33.1 Å². The minimum absolute atomic E-state index is 0.147. The van der Waals surface area contributed by atoms with Crippen LogP contribution in [0.15, 0.2) is 79.0 Å². The van der Waals surface area contributed by atoms with Crippen LogP contribution >= 0.6 is 11.8 Å². The molecule has 10 heteroatoms. The summed E-state index contributed by atoms with van der Waals surface area (Å²) >= 11 is 1.38. The smallest absolute Gasteiger partial charge is 0.408 e. The molecule has 0 aliphatic heterocycles. The Morgan fingerprint density at radius 1 is 0.976 bits per heavy atom. The molecular formula is C32H35N3O6S. The van der Waals surface area contributed by atoms with Crippen molar-refractivity contribution in [1.82, 2.24) is 10.3 Å². The zero-order chi connectivity index (χ0) is 30.1. The first-order valence-electron chi connectivity index (χ1n) is 13.5. The lowest BCUT2D eigenvalue weighted by molar-refractivity contribution is -0.138. The number of alkyl carbamates (subject to hydrolysis) is 1. The molecule has 1 heterocycles. The Kier molecular flexibility index (Phi) is 10.1. The molecule has 0 bridgehead atoms. The molecule has 0 spiro atoms. The first-order valence-corrected chi connectivity index (χ1v) is 14.7. The van der Waals surface area contributed by atoms with Crippen LogP contribution in [0.25, 0.3) is 10.9 Å². The number of hydrogen-bond donors (Lipinski definition) is 4. The zero-order valence-electron chi connectivity index (χ0n) is 23.8. The van der Waals surface area contributed by atoms with Crippen LogP contribution in [0.4, 0.5) is 10.5 Å². The van der Waals surface area contributed by atoms with E-state index in [1.54, 1.807) is 20.8 Å². The maximum absolute atomic E-state index is 12.8. The van der Waals surface area contributed by atoms with Gasteiger partial charge in [-0.25, -0.2) is 9.59 Å². The highest BCUT2D eigenvalue weighted by Crippen LogP contribution is 2.25. The Balaban J connectivity index is 1.26. The van der Waals surface area contributed by atoms with Gasteiger partial charge < -0.3 is 30.2 Å².